The second kappa shape index (κ2) is 9.71. The monoisotopic (exact) mass is 432 g/mol. The lowest BCUT2D eigenvalue weighted by molar-refractivity contribution is -0.131. The van der Waals surface area contributed by atoms with Crippen LogP contribution in [0.25, 0.3) is 0 Å². The quantitative estimate of drug-likeness (QED) is 0.661. The number of hydrogen-bond acceptors (Lipinski definition) is 3. The molecule has 1 amide bonds. The van der Waals surface area contributed by atoms with Crippen LogP contribution in [-0.4, -0.2) is 43.2 Å². The van der Waals surface area contributed by atoms with Crippen molar-refractivity contribution in [2.45, 2.75) is 56.5 Å². The SMILES string of the molecule is Cc1ccc(S(=O)(=O)N(CC(=O)N(C)Cc2ccccc2F)C2CCCCC2)cc1. The summed E-state index contributed by atoms with van der Waals surface area (Å²) < 4.78 is 42.1. The van der Waals surface area contributed by atoms with Crippen molar-refractivity contribution in [3.05, 3.63) is 65.5 Å². The molecule has 1 aliphatic rings. The molecule has 1 fully saturated rings. The Morgan fingerprint density at radius 3 is 2.30 bits per heavy atom. The van der Waals surface area contributed by atoms with E-state index in [0.29, 0.717) is 5.56 Å². The lowest BCUT2D eigenvalue weighted by Gasteiger charge is -2.34. The minimum atomic E-state index is -3.82. The maximum atomic E-state index is 14.0. The van der Waals surface area contributed by atoms with Gasteiger partial charge in [0.05, 0.1) is 11.4 Å². The van der Waals surface area contributed by atoms with E-state index in [-0.39, 0.29) is 35.8 Å². The molecule has 3 rings (SSSR count). The molecular formula is C23H29FN2O3S. The van der Waals surface area contributed by atoms with Crippen molar-refractivity contribution in [2.24, 2.45) is 0 Å². The Balaban J connectivity index is 1.82. The van der Waals surface area contributed by atoms with Gasteiger partial charge in [-0.1, -0.05) is 55.2 Å². The first-order valence-electron chi connectivity index (χ1n) is 10.3. The highest BCUT2D eigenvalue weighted by molar-refractivity contribution is 7.89. The summed E-state index contributed by atoms with van der Waals surface area (Å²) in [6, 6.07) is 12.8. The molecule has 0 N–H and O–H groups in total. The molecule has 2 aromatic rings. The fourth-order valence-corrected chi connectivity index (χ4v) is 5.48. The molecule has 30 heavy (non-hydrogen) atoms. The largest absolute Gasteiger partial charge is 0.340 e. The number of likely N-dealkylation sites (N-methyl/N-ethyl adjacent to an activating group) is 1. The van der Waals surface area contributed by atoms with Crippen LogP contribution in [0.15, 0.2) is 53.4 Å². The third-order valence-electron chi connectivity index (χ3n) is 5.69. The van der Waals surface area contributed by atoms with E-state index in [2.05, 4.69) is 0 Å². The van der Waals surface area contributed by atoms with Crippen LogP contribution in [-0.2, 0) is 21.4 Å². The number of carbonyl (C=O) groups is 1. The average Bonchev–Trinajstić information content (AvgIpc) is 2.74. The molecule has 5 nitrogen and oxygen atoms in total. The third-order valence-corrected chi connectivity index (χ3v) is 7.60. The van der Waals surface area contributed by atoms with Gasteiger partial charge in [0, 0.05) is 25.2 Å². The van der Waals surface area contributed by atoms with Crippen molar-refractivity contribution in [3.8, 4) is 0 Å². The van der Waals surface area contributed by atoms with Crippen LogP contribution in [0.2, 0.25) is 0 Å². The van der Waals surface area contributed by atoms with Crippen LogP contribution in [0.5, 0.6) is 0 Å². The number of amides is 1. The maximum Gasteiger partial charge on any atom is 0.243 e. The standard InChI is InChI=1S/C23H29FN2O3S/c1-18-12-14-21(15-13-18)30(28,29)26(20-9-4-3-5-10-20)17-23(27)25(2)16-19-8-6-7-11-22(19)24/h6-8,11-15,20H,3-5,9-10,16-17H2,1-2H3. The van der Waals surface area contributed by atoms with Crippen molar-refractivity contribution in [2.75, 3.05) is 13.6 Å². The van der Waals surface area contributed by atoms with Crippen molar-refractivity contribution in [3.63, 3.8) is 0 Å². The maximum absolute atomic E-state index is 14.0. The summed E-state index contributed by atoms with van der Waals surface area (Å²) in [6.45, 7) is 1.75. The van der Waals surface area contributed by atoms with E-state index in [1.54, 1.807) is 49.5 Å². The summed E-state index contributed by atoms with van der Waals surface area (Å²) in [5.74, 6) is -0.729. The molecule has 0 spiro atoms. The van der Waals surface area contributed by atoms with Crippen LogP contribution in [0.4, 0.5) is 4.39 Å². The summed E-state index contributed by atoms with van der Waals surface area (Å²) >= 11 is 0. The Bertz CT molecular complexity index is 970. The molecule has 0 aromatic heterocycles. The van der Waals surface area contributed by atoms with Gasteiger partial charge in [-0.3, -0.25) is 4.79 Å². The predicted molar refractivity (Wildman–Crippen MR) is 115 cm³/mol. The van der Waals surface area contributed by atoms with E-state index < -0.39 is 10.0 Å². The van der Waals surface area contributed by atoms with Crippen molar-refractivity contribution in [1.29, 1.82) is 0 Å². The van der Waals surface area contributed by atoms with Crippen LogP contribution < -0.4 is 0 Å². The van der Waals surface area contributed by atoms with Gasteiger partial charge in [-0.05, 0) is 38.0 Å². The Hall–Kier alpha value is -2.25. The Kier molecular flexibility index (Phi) is 7.26. The van der Waals surface area contributed by atoms with Gasteiger partial charge in [0.25, 0.3) is 0 Å². The highest BCUT2D eigenvalue weighted by atomic mass is 32.2. The average molecular weight is 433 g/mol. The number of carbonyl (C=O) groups excluding carboxylic acids is 1. The van der Waals surface area contributed by atoms with Gasteiger partial charge in [-0.15, -0.1) is 0 Å². The highest BCUT2D eigenvalue weighted by Crippen LogP contribution is 2.28. The Morgan fingerprint density at radius 1 is 1.03 bits per heavy atom. The summed E-state index contributed by atoms with van der Waals surface area (Å²) in [6.07, 6.45) is 4.47. The zero-order valence-corrected chi connectivity index (χ0v) is 18.4. The lowest BCUT2D eigenvalue weighted by atomic mass is 9.95. The van der Waals surface area contributed by atoms with E-state index in [4.69, 9.17) is 0 Å². The number of hydrogen-bond donors (Lipinski definition) is 0. The van der Waals surface area contributed by atoms with Crippen LogP contribution in [0, 0.1) is 12.7 Å². The van der Waals surface area contributed by atoms with Crippen LogP contribution in [0.1, 0.15) is 43.2 Å². The number of sulfonamides is 1. The molecule has 1 aliphatic carbocycles. The van der Waals surface area contributed by atoms with Crippen molar-refractivity contribution < 1.29 is 17.6 Å². The smallest absolute Gasteiger partial charge is 0.243 e. The lowest BCUT2D eigenvalue weighted by Crippen LogP contribution is -2.47. The first kappa shape index (κ1) is 22.4. The molecule has 7 heteroatoms. The first-order chi connectivity index (χ1) is 14.3. The minimum Gasteiger partial charge on any atom is -0.340 e. The van der Waals surface area contributed by atoms with E-state index >= 15 is 0 Å². The molecule has 0 atom stereocenters. The summed E-state index contributed by atoms with van der Waals surface area (Å²) in [4.78, 5) is 14.5. The number of rotatable bonds is 7. The van der Waals surface area contributed by atoms with Gasteiger partial charge < -0.3 is 4.90 Å². The van der Waals surface area contributed by atoms with Gasteiger partial charge in [0.1, 0.15) is 5.82 Å². The molecule has 0 saturated heterocycles. The van der Waals surface area contributed by atoms with Gasteiger partial charge >= 0.3 is 0 Å². The van der Waals surface area contributed by atoms with E-state index in [0.717, 1.165) is 37.7 Å². The second-order valence-electron chi connectivity index (χ2n) is 8.00. The Labute approximate surface area is 178 Å². The number of nitrogens with zero attached hydrogens (tertiary/aromatic N) is 2. The molecule has 0 unspecified atom stereocenters. The normalized spacial score (nSPS) is 15.3. The van der Waals surface area contributed by atoms with Crippen molar-refractivity contribution in [1.82, 2.24) is 9.21 Å². The van der Waals surface area contributed by atoms with E-state index in [9.17, 15) is 17.6 Å². The van der Waals surface area contributed by atoms with Gasteiger partial charge in [0.2, 0.25) is 15.9 Å². The van der Waals surface area contributed by atoms with Gasteiger partial charge in [-0.25, -0.2) is 12.8 Å². The number of aryl methyl sites for hydroxylation is 1. The number of benzene rings is 2. The zero-order chi connectivity index (χ0) is 21.7. The van der Waals surface area contributed by atoms with Crippen molar-refractivity contribution >= 4 is 15.9 Å². The zero-order valence-electron chi connectivity index (χ0n) is 17.6. The van der Waals surface area contributed by atoms with Gasteiger partial charge in [0.15, 0.2) is 0 Å². The predicted octanol–water partition coefficient (Wildman–Crippen LogP) is 4.12. The molecule has 162 valence electrons. The molecule has 0 bridgehead atoms. The summed E-state index contributed by atoms with van der Waals surface area (Å²) in [5, 5.41) is 0. The fraction of sp³-hybridized carbons (Fsp3) is 0.435. The molecule has 0 radical (unpaired) electrons. The second-order valence-corrected chi connectivity index (χ2v) is 9.89. The summed E-state index contributed by atoms with van der Waals surface area (Å²) in [5.41, 5.74) is 1.37. The molecule has 0 heterocycles. The molecular weight excluding hydrogens is 403 g/mol. The van der Waals surface area contributed by atoms with E-state index in [1.165, 1.54) is 15.3 Å². The fourth-order valence-electron chi connectivity index (χ4n) is 3.85. The Morgan fingerprint density at radius 2 is 1.67 bits per heavy atom. The molecule has 1 saturated carbocycles. The molecule has 2 aromatic carbocycles. The van der Waals surface area contributed by atoms with E-state index in [1.807, 2.05) is 6.92 Å². The number of halogens is 1. The molecule has 0 aliphatic heterocycles. The highest BCUT2D eigenvalue weighted by Gasteiger charge is 2.34. The first-order valence-corrected chi connectivity index (χ1v) is 11.8. The topological polar surface area (TPSA) is 57.7 Å². The minimum absolute atomic E-state index is 0.0919. The van der Waals surface area contributed by atoms with Crippen LogP contribution >= 0.6 is 0 Å². The van der Waals surface area contributed by atoms with Gasteiger partial charge in [-0.2, -0.15) is 4.31 Å². The summed E-state index contributed by atoms with van der Waals surface area (Å²) in [7, 11) is -2.24. The van der Waals surface area contributed by atoms with Crippen LogP contribution in [0.3, 0.4) is 0 Å². The third kappa shape index (κ3) is 5.26.